The lowest BCUT2D eigenvalue weighted by Crippen LogP contribution is -2.46. The van der Waals surface area contributed by atoms with E-state index in [1.54, 1.807) is 0 Å². The molecule has 0 spiro atoms. The summed E-state index contributed by atoms with van der Waals surface area (Å²) in [6.07, 6.45) is 1.30. The van der Waals surface area contributed by atoms with E-state index in [9.17, 15) is 0 Å². The van der Waals surface area contributed by atoms with E-state index in [0.717, 1.165) is 0 Å². The summed E-state index contributed by atoms with van der Waals surface area (Å²) in [5, 5.41) is 0. The van der Waals surface area contributed by atoms with Gasteiger partial charge in [-0.3, -0.25) is 4.90 Å². The fraction of sp³-hybridized carbons (Fsp3) is 1.00. The quantitative estimate of drug-likeness (QED) is 0.670. The van der Waals surface area contributed by atoms with Crippen molar-refractivity contribution >= 4 is 11.8 Å². The average molecular weight is 202 g/mol. The number of rotatable bonds is 5. The first kappa shape index (κ1) is 11.3. The van der Waals surface area contributed by atoms with Crippen LogP contribution in [0.4, 0.5) is 0 Å². The molecule has 3 heteroatoms. The minimum atomic E-state index is 1.23. The predicted molar refractivity (Wildman–Crippen MR) is 61.3 cm³/mol. The van der Waals surface area contributed by atoms with Gasteiger partial charge >= 0.3 is 0 Å². The van der Waals surface area contributed by atoms with Crippen molar-refractivity contribution in [3.05, 3.63) is 0 Å². The van der Waals surface area contributed by atoms with Crippen molar-refractivity contribution in [2.45, 2.75) is 20.3 Å². The SMILES string of the molecule is CCCN1CCN(CSCC)CC1. The fourth-order valence-electron chi connectivity index (χ4n) is 1.68. The molecule has 1 saturated heterocycles. The fourth-order valence-corrected chi connectivity index (χ4v) is 2.38. The van der Waals surface area contributed by atoms with Crippen LogP contribution in [0.1, 0.15) is 20.3 Å². The molecule has 1 fully saturated rings. The van der Waals surface area contributed by atoms with Gasteiger partial charge < -0.3 is 4.90 Å². The average Bonchev–Trinajstić information content (AvgIpc) is 2.17. The molecule has 0 bridgehead atoms. The normalized spacial score (nSPS) is 20.8. The summed E-state index contributed by atoms with van der Waals surface area (Å²) >= 11 is 2.04. The molecule has 0 N–H and O–H groups in total. The molecule has 0 aromatic rings. The zero-order valence-electron chi connectivity index (χ0n) is 8.96. The van der Waals surface area contributed by atoms with Gasteiger partial charge in [-0.15, -0.1) is 11.8 Å². The van der Waals surface area contributed by atoms with Crippen LogP contribution in [0.15, 0.2) is 0 Å². The highest BCUT2D eigenvalue weighted by molar-refractivity contribution is 7.99. The van der Waals surface area contributed by atoms with Crippen LogP contribution in [0, 0.1) is 0 Å². The maximum Gasteiger partial charge on any atom is 0.0445 e. The zero-order valence-corrected chi connectivity index (χ0v) is 9.78. The summed E-state index contributed by atoms with van der Waals surface area (Å²) in [7, 11) is 0. The van der Waals surface area contributed by atoms with Crippen LogP contribution in [0.2, 0.25) is 0 Å². The largest absolute Gasteiger partial charge is 0.301 e. The first-order valence-corrected chi connectivity index (χ1v) is 6.54. The lowest BCUT2D eigenvalue weighted by atomic mass is 10.3. The molecule has 0 saturated carbocycles. The van der Waals surface area contributed by atoms with Crippen LogP contribution >= 0.6 is 11.8 Å². The van der Waals surface area contributed by atoms with Gasteiger partial charge in [-0.25, -0.2) is 0 Å². The molecule has 13 heavy (non-hydrogen) atoms. The predicted octanol–water partition coefficient (Wildman–Crippen LogP) is 1.72. The minimum absolute atomic E-state index is 1.23. The van der Waals surface area contributed by atoms with Crippen LogP contribution in [0.5, 0.6) is 0 Å². The van der Waals surface area contributed by atoms with Gasteiger partial charge in [-0.1, -0.05) is 13.8 Å². The smallest absolute Gasteiger partial charge is 0.0445 e. The van der Waals surface area contributed by atoms with Gasteiger partial charge in [0.1, 0.15) is 0 Å². The Bertz CT molecular complexity index is 122. The third-order valence-corrected chi connectivity index (χ3v) is 3.44. The van der Waals surface area contributed by atoms with E-state index in [4.69, 9.17) is 0 Å². The maximum atomic E-state index is 2.58. The van der Waals surface area contributed by atoms with Crippen molar-refractivity contribution in [3.8, 4) is 0 Å². The number of hydrogen-bond acceptors (Lipinski definition) is 3. The molecule has 1 rings (SSSR count). The van der Waals surface area contributed by atoms with Crippen molar-refractivity contribution in [1.29, 1.82) is 0 Å². The molecule has 0 unspecified atom stereocenters. The lowest BCUT2D eigenvalue weighted by Gasteiger charge is -2.34. The van der Waals surface area contributed by atoms with E-state index in [1.807, 2.05) is 11.8 Å². The molecule has 1 aliphatic heterocycles. The Kier molecular flexibility index (Phi) is 5.83. The number of thioether (sulfide) groups is 1. The first-order valence-electron chi connectivity index (χ1n) is 5.39. The van der Waals surface area contributed by atoms with E-state index in [-0.39, 0.29) is 0 Å². The highest BCUT2D eigenvalue weighted by Gasteiger charge is 2.14. The summed E-state index contributed by atoms with van der Waals surface area (Å²) < 4.78 is 0. The Labute approximate surface area is 86.7 Å². The van der Waals surface area contributed by atoms with Gasteiger partial charge in [0.05, 0.1) is 0 Å². The van der Waals surface area contributed by atoms with Crippen molar-refractivity contribution in [3.63, 3.8) is 0 Å². The molecule has 1 aliphatic rings. The Morgan fingerprint density at radius 3 is 2.15 bits per heavy atom. The summed E-state index contributed by atoms with van der Waals surface area (Å²) in [4.78, 5) is 5.15. The van der Waals surface area contributed by atoms with Crippen LogP contribution in [0.25, 0.3) is 0 Å². The molecule has 1 heterocycles. The second-order valence-electron chi connectivity index (χ2n) is 3.58. The Hall–Kier alpha value is 0.270. The van der Waals surface area contributed by atoms with Gasteiger partial charge in [0.2, 0.25) is 0 Å². The van der Waals surface area contributed by atoms with Gasteiger partial charge in [0, 0.05) is 32.1 Å². The van der Waals surface area contributed by atoms with Crippen molar-refractivity contribution in [2.75, 3.05) is 44.4 Å². The summed E-state index contributed by atoms with van der Waals surface area (Å²) in [5.41, 5.74) is 0. The van der Waals surface area contributed by atoms with Crippen LogP contribution < -0.4 is 0 Å². The maximum absolute atomic E-state index is 2.58. The topological polar surface area (TPSA) is 6.48 Å². The highest BCUT2D eigenvalue weighted by atomic mass is 32.2. The molecule has 0 radical (unpaired) electrons. The van der Waals surface area contributed by atoms with Gasteiger partial charge in [-0.05, 0) is 18.7 Å². The Morgan fingerprint density at radius 2 is 1.62 bits per heavy atom. The molecule has 0 aromatic carbocycles. The monoisotopic (exact) mass is 202 g/mol. The number of piperazine rings is 1. The first-order chi connectivity index (χ1) is 6.36. The number of hydrogen-bond donors (Lipinski definition) is 0. The summed E-state index contributed by atoms with van der Waals surface area (Å²) in [6, 6.07) is 0. The minimum Gasteiger partial charge on any atom is -0.301 e. The Balaban J connectivity index is 2.08. The number of nitrogens with zero attached hydrogens (tertiary/aromatic N) is 2. The molecule has 0 amide bonds. The molecule has 0 aliphatic carbocycles. The molecule has 78 valence electrons. The van der Waals surface area contributed by atoms with Crippen LogP contribution in [-0.4, -0.2) is 54.2 Å². The third kappa shape index (κ3) is 4.34. The summed E-state index contributed by atoms with van der Waals surface area (Å²) in [5.74, 6) is 2.48. The molecular weight excluding hydrogens is 180 g/mol. The van der Waals surface area contributed by atoms with Gasteiger partial charge in [0.25, 0.3) is 0 Å². The second-order valence-corrected chi connectivity index (χ2v) is 4.83. The van der Waals surface area contributed by atoms with Crippen LogP contribution in [0.3, 0.4) is 0 Å². The highest BCUT2D eigenvalue weighted by Crippen LogP contribution is 2.07. The third-order valence-electron chi connectivity index (χ3n) is 2.48. The van der Waals surface area contributed by atoms with E-state index in [0.29, 0.717) is 0 Å². The Morgan fingerprint density at radius 1 is 1.00 bits per heavy atom. The zero-order chi connectivity index (χ0) is 9.52. The lowest BCUT2D eigenvalue weighted by molar-refractivity contribution is 0.149. The van der Waals surface area contributed by atoms with Crippen molar-refractivity contribution in [2.24, 2.45) is 0 Å². The van der Waals surface area contributed by atoms with E-state index < -0.39 is 0 Å². The van der Waals surface area contributed by atoms with Crippen LogP contribution in [-0.2, 0) is 0 Å². The van der Waals surface area contributed by atoms with Crippen molar-refractivity contribution in [1.82, 2.24) is 9.80 Å². The van der Waals surface area contributed by atoms with E-state index in [2.05, 4.69) is 23.6 Å². The summed E-state index contributed by atoms with van der Waals surface area (Å²) in [6.45, 7) is 10.9. The van der Waals surface area contributed by atoms with Gasteiger partial charge in [0.15, 0.2) is 0 Å². The molecule has 2 nitrogen and oxygen atoms in total. The molecule has 0 aromatic heterocycles. The second kappa shape index (κ2) is 6.68. The standard InChI is InChI=1S/C10H22N2S/c1-3-5-11-6-8-12(9-7-11)10-13-4-2/h3-10H2,1-2H3. The van der Waals surface area contributed by atoms with E-state index in [1.165, 1.54) is 50.8 Å². The van der Waals surface area contributed by atoms with E-state index >= 15 is 0 Å². The molecular formula is C10H22N2S. The van der Waals surface area contributed by atoms with Crippen molar-refractivity contribution < 1.29 is 0 Å². The molecule has 0 atom stereocenters. The van der Waals surface area contributed by atoms with Gasteiger partial charge in [-0.2, -0.15) is 0 Å².